The van der Waals surface area contributed by atoms with Gasteiger partial charge in [0.05, 0.1) is 11.3 Å². The first-order valence-electron chi connectivity index (χ1n) is 22.4. The summed E-state index contributed by atoms with van der Waals surface area (Å²) in [7, 11) is -3.82. The van der Waals surface area contributed by atoms with Crippen molar-refractivity contribution in [2.45, 2.75) is 199 Å². The van der Waals surface area contributed by atoms with Crippen molar-refractivity contribution in [3.63, 3.8) is 0 Å². The van der Waals surface area contributed by atoms with Gasteiger partial charge in [0.1, 0.15) is 24.2 Å². The van der Waals surface area contributed by atoms with Crippen molar-refractivity contribution in [1.82, 2.24) is 30.5 Å². The smallest absolute Gasteiger partial charge is 0.256 e. The highest BCUT2D eigenvalue weighted by Gasteiger charge is 2.85. The molecule has 14 heteroatoms. The molecule has 6 atom stereocenters. The van der Waals surface area contributed by atoms with Crippen LogP contribution >= 0.6 is 0 Å². The number of hydrogen-bond acceptors (Lipinski definition) is 8. The number of carbonyl (C=O) groups excluding carboxylic acids is 5. The molecule has 320 valence electrons. The minimum Gasteiger partial charge on any atom is -0.343 e. The quantitative estimate of drug-likeness (QED) is 0.201. The highest BCUT2D eigenvalue weighted by molar-refractivity contribution is 7.90. The molecule has 0 radical (unpaired) electrons. The van der Waals surface area contributed by atoms with Crippen LogP contribution in [0, 0.1) is 27.6 Å². The average Bonchev–Trinajstić information content (AvgIpc) is 4.07. The van der Waals surface area contributed by atoms with Crippen molar-refractivity contribution in [3.8, 4) is 0 Å². The molecule has 0 aromatic carbocycles. The van der Waals surface area contributed by atoms with Crippen LogP contribution < -0.4 is 20.7 Å². The lowest BCUT2D eigenvalue weighted by molar-refractivity contribution is -0.145. The third-order valence-corrected chi connectivity index (χ3v) is 17.6. The fourth-order valence-electron chi connectivity index (χ4n) is 11.8. The highest BCUT2D eigenvalue weighted by Crippen LogP contribution is 2.88. The Morgan fingerprint density at radius 2 is 1.40 bits per heavy atom. The molecule has 2 saturated heterocycles. The van der Waals surface area contributed by atoms with Gasteiger partial charge in [-0.2, -0.15) is 0 Å². The molecule has 5 amide bonds. The van der Waals surface area contributed by atoms with Gasteiger partial charge in [0.2, 0.25) is 33.7 Å². The Hall–Kier alpha value is -2.74. The van der Waals surface area contributed by atoms with Gasteiger partial charge in [-0.05, 0) is 106 Å². The van der Waals surface area contributed by atoms with E-state index in [1.165, 1.54) is 0 Å². The zero-order valence-electron chi connectivity index (χ0n) is 35.4. The maximum Gasteiger partial charge on any atom is 0.256 e. The maximum absolute atomic E-state index is 15.2. The molecule has 5 saturated carbocycles. The van der Waals surface area contributed by atoms with E-state index in [1.54, 1.807) is 4.90 Å². The van der Waals surface area contributed by atoms with E-state index in [-0.39, 0.29) is 52.3 Å². The maximum atomic E-state index is 15.2. The van der Waals surface area contributed by atoms with E-state index in [9.17, 15) is 27.6 Å². The minimum absolute atomic E-state index is 0.0103. The first kappa shape index (κ1) is 42.4. The molecule has 0 unspecified atom stereocenters. The molecule has 2 aliphatic heterocycles. The van der Waals surface area contributed by atoms with E-state index in [0.29, 0.717) is 38.3 Å². The SMILES string of the molecule is CCC[C@H](NC(=O)[C@@H]1C[C@@]2(CN1C(=O)[C@@H](NC(=O)[C@@H](NC(=O)[C@@H]1CCCCN1C1CC1)C1CCCCC1)C(C)(C)C)C(C)(C)C21CCC1)C(=O)NS(=O)(=O)C1CC1. The van der Waals surface area contributed by atoms with Crippen molar-refractivity contribution < 1.29 is 32.4 Å². The summed E-state index contributed by atoms with van der Waals surface area (Å²) in [6.07, 6.45) is 15.1. The van der Waals surface area contributed by atoms with Crippen molar-refractivity contribution in [2.24, 2.45) is 27.6 Å². The normalized spacial score (nSPS) is 30.2. The Morgan fingerprint density at radius 1 is 0.754 bits per heavy atom. The number of amides is 5. The number of rotatable bonds is 14. The lowest BCUT2D eigenvalue weighted by Crippen LogP contribution is -2.63. The lowest BCUT2D eigenvalue weighted by Gasteiger charge is -2.39. The van der Waals surface area contributed by atoms with Crippen molar-refractivity contribution in [3.05, 3.63) is 0 Å². The van der Waals surface area contributed by atoms with E-state index >= 15 is 4.79 Å². The van der Waals surface area contributed by atoms with Crippen molar-refractivity contribution in [1.29, 1.82) is 0 Å². The Bertz CT molecular complexity index is 1690. The second-order valence-electron chi connectivity index (χ2n) is 20.6. The molecular weight excluding hydrogens is 745 g/mol. The van der Waals surface area contributed by atoms with E-state index < -0.39 is 56.7 Å². The molecule has 57 heavy (non-hydrogen) atoms. The van der Waals surface area contributed by atoms with Crippen LogP contribution in [0.3, 0.4) is 0 Å². The van der Waals surface area contributed by atoms with Crippen LogP contribution in [0.2, 0.25) is 0 Å². The first-order valence-corrected chi connectivity index (χ1v) is 23.9. The van der Waals surface area contributed by atoms with E-state index in [1.807, 2.05) is 27.7 Å². The van der Waals surface area contributed by atoms with Crippen LogP contribution in [-0.2, 0) is 34.0 Å². The Kier molecular flexibility index (Phi) is 11.7. The summed E-state index contributed by atoms with van der Waals surface area (Å²) < 4.78 is 27.6. The molecule has 0 bridgehead atoms. The number of piperidine rings is 1. The van der Waals surface area contributed by atoms with Crippen LogP contribution in [0.4, 0.5) is 0 Å². The van der Waals surface area contributed by atoms with Gasteiger partial charge in [-0.3, -0.25) is 33.6 Å². The van der Waals surface area contributed by atoms with Crippen LogP contribution in [0.5, 0.6) is 0 Å². The van der Waals surface area contributed by atoms with E-state index in [4.69, 9.17) is 0 Å². The summed E-state index contributed by atoms with van der Waals surface area (Å²) in [5.41, 5.74) is -1.15. The summed E-state index contributed by atoms with van der Waals surface area (Å²) in [5.74, 6) is -2.07. The summed E-state index contributed by atoms with van der Waals surface area (Å²) in [6.45, 7) is 13.3. The van der Waals surface area contributed by atoms with E-state index in [2.05, 4.69) is 39.4 Å². The van der Waals surface area contributed by atoms with Crippen molar-refractivity contribution in [2.75, 3.05) is 13.1 Å². The molecule has 0 aromatic heterocycles. The van der Waals surface area contributed by atoms with E-state index in [0.717, 1.165) is 90.0 Å². The van der Waals surface area contributed by atoms with Gasteiger partial charge in [-0.25, -0.2) is 8.42 Å². The summed E-state index contributed by atoms with van der Waals surface area (Å²) in [5, 5.41) is 8.69. The fraction of sp³-hybridized carbons (Fsp3) is 0.884. The summed E-state index contributed by atoms with van der Waals surface area (Å²) in [4.78, 5) is 75.7. The van der Waals surface area contributed by atoms with Gasteiger partial charge >= 0.3 is 0 Å². The van der Waals surface area contributed by atoms with Gasteiger partial charge in [0, 0.05) is 18.0 Å². The number of hydrogen-bond donors (Lipinski definition) is 4. The van der Waals surface area contributed by atoms with Crippen LogP contribution in [0.15, 0.2) is 0 Å². The molecule has 7 fully saturated rings. The van der Waals surface area contributed by atoms with Gasteiger partial charge in [-0.15, -0.1) is 0 Å². The zero-order chi connectivity index (χ0) is 41.1. The number of fused-ring (bicyclic) bond motifs is 1. The molecule has 5 aliphatic carbocycles. The van der Waals surface area contributed by atoms with Gasteiger partial charge in [0.25, 0.3) is 5.91 Å². The van der Waals surface area contributed by atoms with Gasteiger partial charge < -0.3 is 20.9 Å². The Morgan fingerprint density at radius 3 is 1.96 bits per heavy atom. The second kappa shape index (κ2) is 15.7. The first-order chi connectivity index (χ1) is 26.9. The molecule has 4 N–H and O–H groups in total. The number of nitrogens with one attached hydrogen (secondary N) is 4. The molecule has 2 heterocycles. The van der Waals surface area contributed by atoms with Crippen LogP contribution in [0.25, 0.3) is 0 Å². The van der Waals surface area contributed by atoms with Crippen LogP contribution in [0.1, 0.15) is 157 Å². The van der Waals surface area contributed by atoms with Crippen LogP contribution in [-0.4, -0.2) is 102 Å². The monoisotopic (exact) mass is 815 g/mol. The fourth-order valence-corrected chi connectivity index (χ4v) is 13.1. The Balaban J connectivity index is 1.13. The molecular formula is C43H70N6O7S. The summed E-state index contributed by atoms with van der Waals surface area (Å²) >= 11 is 0. The Labute approximate surface area is 340 Å². The predicted octanol–water partition coefficient (Wildman–Crippen LogP) is 4.29. The van der Waals surface area contributed by atoms with Gasteiger partial charge in [0.15, 0.2) is 0 Å². The number of likely N-dealkylation sites (tertiary alicyclic amines) is 2. The average molecular weight is 815 g/mol. The highest BCUT2D eigenvalue weighted by atomic mass is 32.2. The molecule has 2 spiro atoms. The molecule has 7 rings (SSSR count). The predicted molar refractivity (Wildman–Crippen MR) is 217 cm³/mol. The summed E-state index contributed by atoms with van der Waals surface area (Å²) in [6, 6.07) is -3.56. The number of sulfonamides is 1. The minimum atomic E-state index is -3.82. The molecule has 7 aliphatic rings. The van der Waals surface area contributed by atoms with Gasteiger partial charge in [-0.1, -0.05) is 80.1 Å². The number of nitrogens with zero attached hydrogens (tertiary/aromatic N) is 2. The second-order valence-corrected chi connectivity index (χ2v) is 22.5. The third kappa shape index (κ3) is 7.88. The number of carbonyl (C=O) groups is 5. The third-order valence-electron chi connectivity index (χ3n) is 15.8. The zero-order valence-corrected chi connectivity index (χ0v) is 36.2. The largest absolute Gasteiger partial charge is 0.343 e. The molecule has 13 nitrogen and oxygen atoms in total. The topological polar surface area (TPSA) is 174 Å². The standard InChI is InChI=1S/C43H70N6O7S/c1-7-14-30(35(50)47-57(55,56)29-20-21-29)44-37(52)32-25-43(41(5,6)42(43)22-13-23-42)26-49(32)39(54)34(40(2,3)4)46-38(53)33(27-15-9-8-10-16-27)45-36(51)31-17-11-12-24-48(31)28-18-19-28/h27-34H,7-26H2,1-6H3,(H,44,52)(H,45,51)(H,46,53)(H,47,50)/t30-,31-,32-,33-,34+,43+/m0/s1. The lowest BCUT2D eigenvalue weighted by atomic mass is 9.73. The van der Waals surface area contributed by atoms with Crippen molar-refractivity contribution >= 4 is 39.6 Å². The molecule has 0 aromatic rings.